The first-order valence-electron chi connectivity index (χ1n) is 5.32. The quantitative estimate of drug-likeness (QED) is 0.685. The maximum atomic E-state index is 12.3. The van der Waals surface area contributed by atoms with Crippen LogP contribution >= 0.6 is 0 Å². The number of hydrogen-bond acceptors (Lipinski definition) is 1. The summed E-state index contributed by atoms with van der Waals surface area (Å²) in [6.45, 7) is 2.12. The van der Waals surface area contributed by atoms with E-state index in [0.717, 1.165) is 21.6 Å². The van der Waals surface area contributed by atoms with E-state index in [0.29, 0.717) is 6.42 Å². The van der Waals surface area contributed by atoms with Crippen molar-refractivity contribution in [2.45, 2.75) is 26.1 Å². The highest BCUT2D eigenvalue weighted by Gasteiger charge is 2.43. The van der Waals surface area contributed by atoms with Crippen molar-refractivity contribution in [3.63, 3.8) is 0 Å². The number of halogens is 3. The number of rotatable bonds is 0. The van der Waals surface area contributed by atoms with Crippen LogP contribution in [0.15, 0.2) is 18.2 Å². The van der Waals surface area contributed by atoms with Crippen LogP contribution in [0.4, 0.5) is 13.2 Å². The fourth-order valence-corrected chi connectivity index (χ4v) is 2.03. The molecule has 5 heteroatoms. The van der Waals surface area contributed by atoms with Gasteiger partial charge in [-0.25, -0.2) is 0 Å². The molecule has 0 radical (unpaired) electrons. The third-order valence-electron chi connectivity index (χ3n) is 2.90. The molecular formula is C12H12F3NO. The number of aryl methyl sites for hydroxylation is 1. The second kappa shape index (κ2) is 4.05. The molecule has 0 aromatic heterocycles. The zero-order valence-corrected chi connectivity index (χ0v) is 9.34. The Labute approximate surface area is 97.0 Å². The number of alkyl halides is 3. The Morgan fingerprint density at radius 1 is 1.29 bits per heavy atom. The standard InChI is InChI=1S/C12H12F3NO/c1-8-2-3-10-7-16(5-4-9(10)6-8)11(17)12(13,14)15/h2-3,6H,4-5,7H2,1H3. The Kier molecular flexibility index (Phi) is 2.85. The summed E-state index contributed by atoms with van der Waals surface area (Å²) in [5, 5.41) is 0. The maximum absolute atomic E-state index is 12.3. The smallest absolute Gasteiger partial charge is 0.330 e. The molecule has 17 heavy (non-hydrogen) atoms. The second-order valence-electron chi connectivity index (χ2n) is 4.25. The maximum Gasteiger partial charge on any atom is 0.471 e. The summed E-state index contributed by atoms with van der Waals surface area (Å²) in [6.07, 6.45) is -4.29. The minimum atomic E-state index is -4.78. The van der Waals surface area contributed by atoms with Gasteiger partial charge in [-0.2, -0.15) is 13.2 Å². The van der Waals surface area contributed by atoms with Crippen molar-refractivity contribution in [3.8, 4) is 0 Å². The van der Waals surface area contributed by atoms with Crippen LogP contribution in [-0.4, -0.2) is 23.5 Å². The molecule has 1 aromatic carbocycles. The van der Waals surface area contributed by atoms with Gasteiger partial charge in [0.1, 0.15) is 0 Å². The van der Waals surface area contributed by atoms with Crippen molar-refractivity contribution in [1.82, 2.24) is 4.90 Å². The number of amides is 1. The van der Waals surface area contributed by atoms with Gasteiger partial charge in [-0.15, -0.1) is 0 Å². The van der Waals surface area contributed by atoms with Crippen LogP contribution in [-0.2, 0) is 17.8 Å². The number of benzene rings is 1. The van der Waals surface area contributed by atoms with Gasteiger partial charge in [0.25, 0.3) is 0 Å². The highest BCUT2D eigenvalue weighted by Crippen LogP contribution is 2.25. The zero-order chi connectivity index (χ0) is 12.6. The van der Waals surface area contributed by atoms with Gasteiger partial charge in [-0.05, 0) is 24.5 Å². The lowest BCUT2D eigenvalue weighted by molar-refractivity contribution is -0.186. The lowest BCUT2D eigenvalue weighted by atomic mass is 9.97. The number of nitrogens with zero attached hydrogens (tertiary/aromatic N) is 1. The molecule has 0 bridgehead atoms. The molecule has 1 amide bonds. The molecule has 1 aliphatic heterocycles. The van der Waals surface area contributed by atoms with E-state index < -0.39 is 12.1 Å². The summed E-state index contributed by atoms with van der Waals surface area (Å²) in [5.74, 6) is -1.75. The van der Waals surface area contributed by atoms with Crippen LogP contribution < -0.4 is 0 Å². The second-order valence-corrected chi connectivity index (χ2v) is 4.25. The first-order chi connectivity index (χ1) is 7.88. The van der Waals surface area contributed by atoms with Crippen LogP contribution in [0.5, 0.6) is 0 Å². The predicted molar refractivity (Wildman–Crippen MR) is 56.4 cm³/mol. The van der Waals surface area contributed by atoms with E-state index in [1.54, 1.807) is 6.07 Å². The van der Waals surface area contributed by atoms with E-state index in [2.05, 4.69) is 0 Å². The summed E-state index contributed by atoms with van der Waals surface area (Å²) in [6, 6.07) is 5.60. The molecule has 0 saturated heterocycles. The van der Waals surface area contributed by atoms with Gasteiger partial charge >= 0.3 is 12.1 Å². The van der Waals surface area contributed by atoms with Crippen LogP contribution in [0.2, 0.25) is 0 Å². The predicted octanol–water partition coefficient (Wildman–Crippen LogP) is 2.44. The van der Waals surface area contributed by atoms with Gasteiger partial charge in [0.15, 0.2) is 0 Å². The molecule has 0 N–H and O–H groups in total. The van der Waals surface area contributed by atoms with Gasteiger partial charge in [0.05, 0.1) is 0 Å². The fourth-order valence-electron chi connectivity index (χ4n) is 2.03. The number of hydrogen-bond donors (Lipinski definition) is 0. The van der Waals surface area contributed by atoms with Gasteiger partial charge in [-0.1, -0.05) is 23.8 Å². The molecule has 92 valence electrons. The minimum Gasteiger partial charge on any atom is -0.330 e. The molecular weight excluding hydrogens is 231 g/mol. The molecule has 1 aromatic rings. The topological polar surface area (TPSA) is 20.3 Å². The summed E-state index contributed by atoms with van der Waals surface area (Å²) in [7, 11) is 0. The molecule has 0 aliphatic carbocycles. The summed E-state index contributed by atoms with van der Waals surface area (Å²) in [5.41, 5.74) is 2.93. The van der Waals surface area contributed by atoms with E-state index in [9.17, 15) is 18.0 Å². The van der Waals surface area contributed by atoms with E-state index in [-0.39, 0.29) is 13.1 Å². The van der Waals surface area contributed by atoms with Gasteiger partial charge in [0.2, 0.25) is 0 Å². The monoisotopic (exact) mass is 243 g/mol. The van der Waals surface area contributed by atoms with E-state index in [1.165, 1.54) is 0 Å². The van der Waals surface area contributed by atoms with E-state index >= 15 is 0 Å². The Balaban J connectivity index is 2.19. The average molecular weight is 243 g/mol. The van der Waals surface area contributed by atoms with Crippen molar-refractivity contribution >= 4 is 5.91 Å². The van der Waals surface area contributed by atoms with E-state index in [4.69, 9.17) is 0 Å². The molecule has 1 aliphatic rings. The third-order valence-corrected chi connectivity index (χ3v) is 2.90. The van der Waals surface area contributed by atoms with E-state index in [1.807, 2.05) is 19.1 Å². The molecule has 0 saturated carbocycles. The first-order valence-corrected chi connectivity index (χ1v) is 5.32. The highest BCUT2D eigenvalue weighted by atomic mass is 19.4. The number of carbonyl (C=O) groups is 1. The molecule has 2 nitrogen and oxygen atoms in total. The van der Waals surface area contributed by atoms with Gasteiger partial charge in [0, 0.05) is 13.1 Å². The van der Waals surface area contributed by atoms with Crippen molar-refractivity contribution in [2.24, 2.45) is 0 Å². The SMILES string of the molecule is Cc1ccc2c(c1)CCN(C(=O)C(F)(F)F)C2. The van der Waals surface area contributed by atoms with Crippen LogP contribution in [0.3, 0.4) is 0 Å². The van der Waals surface area contributed by atoms with Crippen molar-refractivity contribution in [3.05, 3.63) is 34.9 Å². The van der Waals surface area contributed by atoms with Crippen molar-refractivity contribution in [2.75, 3.05) is 6.54 Å². The summed E-state index contributed by atoms with van der Waals surface area (Å²) < 4.78 is 36.8. The highest BCUT2D eigenvalue weighted by molar-refractivity contribution is 5.82. The molecule has 1 heterocycles. The Bertz CT molecular complexity index is 454. The minimum absolute atomic E-state index is 0.0496. The van der Waals surface area contributed by atoms with Crippen LogP contribution in [0, 0.1) is 6.92 Å². The number of carbonyl (C=O) groups excluding carboxylic acids is 1. The number of fused-ring (bicyclic) bond motifs is 1. The summed E-state index contributed by atoms with van der Waals surface area (Å²) in [4.78, 5) is 12.0. The van der Waals surface area contributed by atoms with Crippen LogP contribution in [0.1, 0.15) is 16.7 Å². The average Bonchev–Trinajstić information content (AvgIpc) is 2.26. The first kappa shape index (κ1) is 12.0. The Morgan fingerprint density at radius 3 is 2.65 bits per heavy atom. The molecule has 0 fully saturated rings. The van der Waals surface area contributed by atoms with Crippen LogP contribution in [0.25, 0.3) is 0 Å². The molecule has 0 unspecified atom stereocenters. The Morgan fingerprint density at radius 2 is 2.00 bits per heavy atom. The third kappa shape index (κ3) is 2.43. The van der Waals surface area contributed by atoms with Crippen molar-refractivity contribution < 1.29 is 18.0 Å². The zero-order valence-electron chi connectivity index (χ0n) is 9.34. The lowest BCUT2D eigenvalue weighted by Gasteiger charge is -2.29. The van der Waals surface area contributed by atoms with Gasteiger partial charge < -0.3 is 4.90 Å². The summed E-state index contributed by atoms with van der Waals surface area (Å²) >= 11 is 0. The van der Waals surface area contributed by atoms with Crippen molar-refractivity contribution in [1.29, 1.82) is 0 Å². The molecule has 2 rings (SSSR count). The lowest BCUT2D eigenvalue weighted by Crippen LogP contribution is -2.43. The fraction of sp³-hybridized carbons (Fsp3) is 0.417. The normalized spacial score (nSPS) is 15.6. The largest absolute Gasteiger partial charge is 0.471 e. The van der Waals surface area contributed by atoms with Gasteiger partial charge in [-0.3, -0.25) is 4.79 Å². The molecule has 0 spiro atoms. The Hall–Kier alpha value is -1.52. The molecule has 0 atom stereocenters.